The van der Waals surface area contributed by atoms with Gasteiger partial charge in [-0.15, -0.1) is 11.8 Å². The lowest BCUT2D eigenvalue weighted by Gasteiger charge is -2.19. The maximum absolute atomic E-state index is 13.2. The van der Waals surface area contributed by atoms with E-state index in [1.54, 1.807) is 22.9 Å². The molecular formula is C24H22ClN3OS2. The second-order valence-electron chi connectivity index (χ2n) is 7.28. The van der Waals surface area contributed by atoms with E-state index >= 15 is 0 Å². The highest BCUT2D eigenvalue weighted by atomic mass is 35.5. The van der Waals surface area contributed by atoms with Gasteiger partial charge in [0.2, 0.25) is 5.91 Å². The van der Waals surface area contributed by atoms with E-state index in [9.17, 15) is 4.79 Å². The molecule has 0 N–H and O–H groups in total. The smallest absolute Gasteiger partial charge is 0.229 e. The first-order valence-electron chi connectivity index (χ1n) is 9.96. The molecule has 2 aromatic heterocycles. The third kappa shape index (κ3) is 5.45. The van der Waals surface area contributed by atoms with Crippen LogP contribution in [0.25, 0.3) is 10.2 Å². The average molecular weight is 468 g/mol. The van der Waals surface area contributed by atoms with Crippen LogP contribution in [-0.2, 0) is 11.3 Å². The number of carbonyl (C=O) groups is 1. The minimum Gasteiger partial charge on any atom is -0.282 e. The Balaban J connectivity index is 1.55. The number of benzene rings is 2. The van der Waals surface area contributed by atoms with Crippen LogP contribution < -0.4 is 4.90 Å². The number of thiazole rings is 1. The zero-order chi connectivity index (χ0) is 21.8. The van der Waals surface area contributed by atoms with E-state index in [1.165, 1.54) is 21.8 Å². The summed E-state index contributed by atoms with van der Waals surface area (Å²) >= 11 is 9.40. The van der Waals surface area contributed by atoms with Crippen LogP contribution in [0.15, 0.2) is 65.7 Å². The van der Waals surface area contributed by atoms with Crippen LogP contribution in [0.4, 0.5) is 5.13 Å². The van der Waals surface area contributed by atoms with Crippen molar-refractivity contribution in [2.45, 2.75) is 31.7 Å². The number of anilines is 1. The third-order valence-electron chi connectivity index (χ3n) is 4.82. The Morgan fingerprint density at radius 3 is 2.68 bits per heavy atom. The Hall–Kier alpha value is -2.41. The maximum atomic E-state index is 13.2. The summed E-state index contributed by atoms with van der Waals surface area (Å²) in [6, 6.07) is 17.9. The summed E-state index contributed by atoms with van der Waals surface area (Å²) < 4.78 is 0.979. The summed E-state index contributed by atoms with van der Waals surface area (Å²) in [5.41, 5.74) is 3.95. The molecule has 0 aliphatic rings. The van der Waals surface area contributed by atoms with Gasteiger partial charge < -0.3 is 0 Å². The molecule has 4 aromatic rings. The number of thioether (sulfide) groups is 1. The molecule has 0 aliphatic carbocycles. The predicted octanol–water partition coefficient (Wildman–Crippen LogP) is 6.68. The number of carbonyl (C=O) groups excluding carboxylic acids is 1. The number of hydrogen-bond acceptors (Lipinski definition) is 5. The van der Waals surface area contributed by atoms with Gasteiger partial charge in [-0.05, 0) is 55.8 Å². The molecular weight excluding hydrogens is 446 g/mol. The fourth-order valence-corrected chi connectivity index (χ4v) is 5.48. The van der Waals surface area contributed by atoms with Gasteiger partial charge in [0.05, 0.1) is 22.5 Å². The molecule has 2 heterocycles. The Kier molecular flexibility index (Phi) is 6.90. The quantitative estimate of drug-likeness (QED) is 0.284. The lowest BCUT2D eigenvalue weighted by atomic mass is 10.2. The van der Waals surface area contributed by atoms with Crippen molar-refractivity contribution < 1.29 is 4.79 Å². The number of halogens is 1. The van der Waals surface area contributed by atoms with E-state index < -0.39 is 0 Å². The standard InChI is InChI=1S/C24H22ClN3OS2/c1-16-6-8-20(9-7-16)30-12-10-22(29)28(15-19-5-3-4-11-26-19)24-27-23-17(2)13-18(25)14-21(23)31-24/h3-9,11,13-14H,10,12,15H2,1-2H3. The molecule has 0 atom stereocenters. The van der Waals surface area contributed by atoms with E-state index in [-0.39, 0.29) is 5.91 Å². The van der Waals surface area contributed by atoms with E-state index in [2.05, 4.69) is 36.2 Å². The van der Waals surface area contributed by atoms with Crippen molar-refractivity contribution in [2.24, 2.45) is 0 Å². The molecule has 4 rings (SSSR count). The molecule has 158 valence electrons. The van der Waals surface area contributed by atoms with E-state index in [1.807, 2.05) is 37.3 Å². The minimum absolute atomic E-state index is 0.0353. The maximum Gasteiger partial charge on any atom is 0.229 e. The summed E-state index contributed by atoms with van der Waals surface area (Å²) in [7, 11) is 0. The lowest BCUT2D eigenvalue weighted by molar-refractivity contribution is -0.118. The van der Waals surface area contributed by atoms with Crippen molar-refractivity contribution in [1.29, 1.82) is 0 Å². The molecule has 0 bridgehead atoms. The molecule has 0 fully saturated rings. The van der Waals surface area contributed by atoms with Gasteiger partial charge >= 0.3 is 0 Å². The molecule has 1 amide bonds. The first-order chi connectivity index (χ1) is 15.0. The van der Waals surface area contributed by atoms with Crippen LogP contribution in [0.2, 0.25) is 5.02 Å². The number of aromatic nitrogens is 2. The highest BCUT2D eigenvalue weighted by Crippen LogP contribution is 2.34. The molecule has 0 saturated carbocycles. The number of hydrogen-bond donors (Lipinski definition) is 0. The van der Waals surface area contributed by atoms with Gasteiger partial charge in [-0.2, -0.15) is 0 Å². The van der Waals surface area contributed by atoms with E-state index in [4.69, 9.17) is 16.6 Å². The Morgan fingerprint density at radius 1 is 1.13 bits per heavy atom. The van der Waals surface area contributed by atoms with Crippen LogP contribution >= 0.6 is 34.7 Å². The fourth-order valence-electron chi connectivity index (χ4n) is 3.20. The van der Waals surface area contributed by atoms with Crippen LogP contribution in [-0.4, -0.2) is 21.6 Å². The number of amides is 1. The van der Waals surface area contributed by atoms with Gasteiger partial charge in [0.1, 0.15) is 0 Å². The summed E-state index contributed by atoms with van der Waals surface area (Å²) in [4.78, 5) is 25.3. The van der Waals surface area contributed by atoms with Crippen LogP contribution in [0, 0.1) is 13.8 Å². The average Bonchev–Trinajstić information content (AvgIpc) is 3.18. The molecule has 31 heavy (non-hydrogen) atoms. The Morgan fingerprint density at radius 2 is 1.94 bits per heavy atom. The first kappa shape index (κ1) is 21.8. The summed E-state index contributed by atoms with van der Waals surface area (Å²) in [6.07, 6.45) is 2.16. The number of pyridine rings is 1. The van der Waals surface area contributed by atoms with E-state index in [0.717, 1.165) is 21.5 Å². The Bertz CT molecular complexity index is 1190. The number of nitrogens with zero attached hydrogens (tertiary/aromatic N) is 3. The molecule has 7 heteroatoms. The van der Waals surface area contributed by atoms with Gasteiger partial charge in [-0.3, -0.25) is 14.7 Å². The monoisotopic (exact) mass is 467 g/mol. The highest BCUT2D eigenvalue weighted by Gasteiger charge is 2.21. The third-order valence-corrected chi connectivity index (χ3v) is 7.08. The molecule has 4 nitrogen and oxygen atoms in total. The fraction of sp³-hybridized carbons (Fsp3) is 0.208. The van der Waals surface area contributed by atoms with Crippen molar-refractivity contribution in [3.8, 4) is 0 Å². The number of aryl methyl sites for hydroxylation is 2. The van der Waals surface area contributed by atoms with Crippen molar-refractivity contribution >= 4 is 56.0 Å². The predicted molar refractivity (Wildman–Crippen MR) is 131 cm³/mol. The van der Waals surface area contributed by atoms with E-state index in [0.29, 0.717) is 28.9 Å². The topological polar surface area (TPSA) is 46.1 Å². The summed E-state index contributed by atoms with van der Waals surface area (Å²) in [5.74, 6) is 0.740. The lowest BCUT2D eigenvalue weighted by Crippen LogP contribution is -2.30. The van der Waals surface area contributed by atoms with Gasteiger partial charge in [0.15, 0.2) is 5.13 Å². The minimum atomic E-state index is 0.0353. The van der Waals surface area contributed by atoms with Crippen LogP contribution in [0.5, 0.6) is 0 Å². The molecule has 0 aliphatic heterocycles. The highest BCUT2D eigenvalue weighted by molar-refractivity contribution is 7.99. The second-order valence-corrected chi connectivity index (χ2v) is 9.89. The SMILES string of the molecule is Cc1ccc(SCCC(=O)N(Cc2ccccn2)c2nc3c(C)cc(Cl)cc3s2)cc1. The second kappa shape index (κ2) is 9.81. The van der Waals surface area contributed by atoms with Crippen LogP contribution in [0.3, 0.4) is 0 Å². The summed E-state index contributed by atoms with van der Waals surface area (Å²) in [5, 5.41) is 1.36. The van der Waals surface area contributed by atoms with Gasteiger partial charge in [0.25, 0.3) is 0 Å². The van der Waals surface area contributed by atoms with Gasteiger partial charge in [-0.25, -0.2) is 4.98 Å². The zero-order valence-electron chi connectivity index (χ0n) is 17.3. The van der Waals surface area contributed by atoms with Crippen molar-refractivity contribution in [2.75, 3.05) is 10.7 Å². The largest absolute Gasteiger partial charge is 0.282 e. The molecule has 0 saturated heterocycles. The number of rotatable bonds is 7. The molecule has 0 unspecified atom stereocenters. The molecule has 0 radical (unpaired) electrons. The molecule has 0 spiro atoms. The number of fused-ring (bicyclic) bond motifs is 1. The first-order valence-corrected chi connectivity index (χ1v) is 12.1. The van der Waals surface area contributed by atoms with Crippen molar-refractivity contribution in [3.63, 3.8) is 0 Å². The zero-order valence-corrected chi connectivity index (χ0v) is 19.7. The van der Waals surface area contributed by atoms with Gasteiger partial charge in [0, 0.05) is 28.3 Å². The molecule has 2 aromatic carbocycles. The normalized spacial score (nSPS) is 11.1. The van der Waals surface area contributed by atoms with Crippen LogP contribution in [0.1, 0.15) is 23.2 Å². The van der Waals surface area contributed by atoms with Gasteiger partial charge in [-0.1, -0.05) is 46.7 Å². The summed E-state index contributed by atoms with van der Waals surface area (Å²) in [6.45, 7) is 4.45. The van der Waals surface area contributed by atoms with Crippen molar-refractivity contribution in [3.05, 3.63) is 82.6 Å². The Labute approximate surface area is 195 Å². The van der Waals surface area contributed by atoms with Crippen molar-refractivity contribution in [1.82, 2.24) is 9.97 Å².